The molecule has 0 aliphatic heterocycles. The zero-order valence-corrected chi connectivity index (χ0v) is 17.7. The number of para-hydroxylation sites is 1. The molecule has 0 atom stereocenters. The number of carbonyl (C=O) groups excluding carboxylic acids is 1. The topological polar surface area (TPSA) is 62.1 Å². The highest BCUT2D eigenvalue weighted by molar-refractivity contribution is 9.10. The smallest absolute Gasteiger partial charge is 0.266 e. The summed E-state index contributed by atoms with van der Waals surface area (Å²) in [5, 5.41) is 11.8. The number of hydrogen-bond acceptors (Lipinski definition) is 3. The Balaban J connectivity index is 1.72. The Kier molecular flexibility index (Phi) is 6.99. The van der Waals surface area contributed by atoms with Crippen LogP contribution in [0.1, 0.15) is 16.7 Å². The van der Waals surface area contributed by atoms with Crippen molar-refractivity contribution < 1.29 is 13.9 Å². The molecule has 3 aromatic carbocycles. The van der Waals surface area contributed by atoms with Crippen LogP contribution in [0.15, 0.2) is 76.8 Å². The monoisotopic (exact) mass is 464 g/mol. The Hall–Kier alpha value is -3.43. The first-order valence-electron chi connectivity index (χ1n) is 9.12. The summed E-state index contributed by atoms with van der Waals surface area (Å²) in [6, 6.07) is 20.9. The Morgan fingerprint density at radius 3 is 2.67 bits per heavy atom. The molecule has 0 aliphatic rings. The molecule has 30 heavy (non-hydrogen) atoms. The summed E-state index contributed by atoms with van der Waals surface area (Å²) < 4.78 is 20.3. The Morgan fingerprint density at radius 2 is 1.97 bits per heavy atom. The number of nitrogens with one attached hydrogen (secondary N) is 1. The van der Waals surface area contributed by atoms with E-state index in [9.17, 15) is 14.4 Å². The minimum atomic E-state index is -0.682. The van der Waals surface area contributed by atoms with Crippen LogP contribution in [-0.2, 0) is 11.4 Å². The van der Waals surface area contributed by atoms with Gasteiger partial charge >= 0.3 is 0 Å². The van der Waals surface area contributed by atoms with Gasteiger partial charge in [0.15, 0.2) is 0 Å². The molecule has 0 saturated heterocycles. The average molecular weight is 465 g/mol. The first-order chi connectivity index (χ1) is 14.5. The highest BCUT2D eigenvalue weighted by atomic mass is 79.9. The molecule has 3 aromatic rings. The fourth-order valence-corrected chi connectivity index (χ4v) is 3.27. The average Bonchev–Trinajstić information content (AvgIpc) is 2.73. The van der Waals surface area contributed by atoms with Crippen LogP contribution < -0.4 is 10.1 Å². The maximum atomic E-state index is 13.7. The van der Waals surface area contributed by atoms with Crippen LogP contribution >= 0.6 is 15.9 Å². The van der Waals surface area contributed by atoms with Crippen LogP contribution in [0.4, 0.5) is 10.1 Å². The van der Waals surface area contributed by atoms with E-state index >= 15 is 0 Å². The van der Waals surface area contributed by atoms with Crippen molar-refractivity contribution in [3.63, 3.8) is 0 Å². The lowest BCUT2D eigenvalue weighted by Gasteiger charge is -2.10. The third-order valence-corrected chi connectivity index (χ3v) is 4.85. The number of carbonyl (C=O) groups is 1. The normalized spacial score (nSPS) is 10.9. The number of halogens is 2. The fraction of sp³-hybridized carbons (Fsp3) is 0.0833. The molecule has 1 N–H and O–H groups in total. The van der Waals surface area contributed by atoms with Crippen LogP contribution in [0.3, 0.4) is 0 Å². The van der Waals surface area contributed by atoms with Gasteiger partial charge in [0.1, 0.15) is 29.8 Å². The van der Waals surface area contributed by atoms with Gasteiger partial charge in [-0.1, -0.05) is 48.0 Å². The molecule has 0 aromatic heterocycles. The number of aryl methyl sites for hydroxylation is 1. The molecule has 0 fully saturated rings. The number of benzene rings is 3. The first kappa shape index (κ1) is 21.3. The Bertz CT molecular complexity index is 1150. The van der Waals surface area contributed by atoms with Gasteiger partial charge in [-0.2, -0.15) is 5.26 Å². The molecule has 3 rings (SSSR count). The molecule has 0 aliphatic carbocycles. The van der Waals surface area contributed by atoms with E-state index in [1.54, 1.807) is 24.3 Å². The van der Waals surface area contributed by atoms with Gasteiger partial charge in [0, 0.05) is 0 Å². The molecule has 0 heterocycles. The number of anilines is 1. The molecule has 0 spiro atoms. The number of nitrogens with zero attached hydrogens (tertiary/aromatic N) is 1. The summed E-state index contributed by atoms with van der Waals surface area (Å²) in [4.78, 5) is 12.3. The summed E-state index contributed by atoms with van der Waals surface area (Å²) in [6.07, 6.45) is 1.44. The lowest BCUT2D eigenvalue weighted by atomic mass is 10.1. The van der Waals surface area contributed by atoms with Crippen LogP contribution in [-0.4, -0.2) is 5.91 Å². The number of hydrogen-bond donors (Lipinski definition) is 1. The van der Waals surface area contributed by atoms with E-state index in [-0.39, 0.29) is 11.3 Å². The van der Waals surface area contributed by atoms with E-state index < -0.39 is 11.7 Å². The molecule has 150 valence electrons. The maximum Gasteiger partial charge on any atom is 0.266 e. The highest BCUT2D eigenvalue weighted by Crippen LogP contribution is 2.28. The lowest BCUT2D eigenvalue weighted by Crippen LogP contribution is -2.14. The SMILES string of the molecule is Cc1cccc(COc2ccc(/C=C(/C#N)C(=O)Nc3ccccc3F)cc2Br)c1. The molecule has 0 saturated carbocycles. The van der Waals surface area contributed by atoms with E-state index in [1.165, 1.54) is 24.3 Å². The van der Waals surface area contributed by atoms with Crippen molar-refractivity contribution in [1.29, 1.82) is 5.26 Å². The van der Waals surface area contributed by atoms with Gasteiger partial charge in [-0.25, -0.2) is 4.39 Å². The van der Waals surface area contributed by atoms with E-state index in [2.05, 4.69) is 27.3 Å². The largest absolute Gasteiger partial charge is 0.488 e. The van der Waals surface area contributed by atoms with Crippen molar-refractivity contribution in [3.8, 4) is 11.8 Å². The van der Waals surface area contributed by atoms with Crippen LogP contribution in [0.25, 0.3) is 6.08 Å². The molecule has 4 nitrogen and oxygen atoms in total. The van der Waals surface area contributed by atoms with Gasteiger partial charge in [-0.05, 0) is 64.3 Å². The third kappa shape index (κ3) is 5.56. The van der Waals surface area contributed by atoms with Crippen molar-refractivity contribution in [2.24, 2.45) is 0 Å². The second-order valence-corrected chi connectivity index (χ2v) is 7.43. The first-order valence-corrected chi connectivity index (χ1v) is 9.91. The van der Waals surface area contributed by atoms with E-state index in [0.29, 0.717) is 22.4 Å². The van der Waals surface area contributed by atoms with Crippen LogP contribution in [0, 0.1) is 24.1 Å². The molecular formula is C24H18BrFN2O2. The Morgan fingerprint density at radius 1 is 1.17 bits per heavy atom. The summed E-state index contributed by atoms with van der Waals surface area (Å²) in [7, 11) is 0. The number of rotatable bonds is 6. The zero-order valence-electron chi connectivity index (χ0n) is 16.2. The van der Waals surface area contributed by atoms with Gasteiger partial charge in [-0.15, -0.1) is 0 Å². The van der Waals surface area contributed by atoms with Crippen molar-refractivity contribution in [1.82, 2.24) is 0 Å². The van der Waals surface area contributed by atoms with E-state index in [1.807, 2.05) is 31.2 Å². The van der Waals surface area contributed by atoms with Crippen LogP contribution in [0.5, 0.6) is 5.75 Å². The van der Waals surface area contributed by atoms with Gasteiger partial charge < -0.3 is 10.1 Å². The van der Waals surface area contributed by atoms with E-state index in [4.69, 9.17) is 4.74 Å². The number of ether oxygens (including phenoxy) is 1. The number of nitriles is 1. The summed E-state index contributed by atoms with van der Waals surface area (Å²) in [6.45, 7) is 2.44. The minimum Gasteiger partial charge on any atom is -0.488 e. The van der Waals surface area contributed by atoms with Crippen molar-refractivity contribution in [2.45, 2.75) is 13.5 Å². The summed E-state index contributed by atoms with van der Waals surface area (Å²) >= 11 is 3.46. The van der Waals surface area contributed by atoms with Gasteiger partial charge in [0.2, 0.25) is 0 Å². The summed E-state index contributed by atoms with van der Waals surface area (Å²) in [5.41, 5.74) is 2.73. The second-order valence-electron chi connectivity index (χ2n) is 6.57. The Labute approximate surface area is 182 Å². The van der Waals surface area contributed by atoms with Crippen molar-refractivity contribution in [2.75, 3.05) is 5.32 Å². The molecule has 0 bridgehead atoms. The van der Waals surface area contributed by atoms with Gasteiger partial charge in [0.25, 0.3) is 5.91 Å². The van der Waals surface area contributed by atoms with E-state index in [0.717, 1.165) is 11.1 Å². The van der Waals surface area contributed by atoms with Crippen molar-refractivity contribution >= 4 is 33.6 Å². The second kappa shape index (κ2) is 9.86. The highest BCUT2D eigenvalue weighted by Gasteiger charge is 2.12. The zero-order chi connectivity index (χ0) is 21.5. The molecule has 6 heteroatoms. The van der Waals surface area contributed by atoms with Crippen molar-refractivity contribution in [3.05, 3.63) is 99.3 Å². The van der Waals surface area contributed by atoms with Gasteiger partial charge in [0.05, 0.1) is 10.2 Å². The molecule has 0 radical (unpaired) electrons. The third-order valence-electron chi connectivity index (χ3n) is 4.23. The van der Waals surface area contributed by atoms with Crippen LogP contribution in [0.2, 0.25) is 0 Å². The maximum absolute atomic E-state index is 13.7. The van der Waals surface area contributed by atoms with Gasteiger partial charge in [-0.3, -0.25) is 4.79 Å². The standard InChI is InChI=1S/C24H18BrFN2O2/c1-16-5-4-6-18(11-16)15-30-23-10-9-17(13-20(23)25)12-19(14-27)24(29)28-22-8-3-2-7-21(22)26/h2-13H,15H2,1H3,(H,28,29)/b19-12-. The number of amides is 1. The predicted molar refractivity (Wildman–Crippen MR) is 118 cm³/mol. The molecule has 0 unspecified atom stereocenters. The summed E-state index contributed by atoms with van der Waals surface area (Å²) in [5.74, 6) is -0.609. The predicted octanol–water partition coefficient (Wildman–Crippen LogP) is 6.02. The lowest BCUT2D eigenvalue weighted by molar-refractivity contribution is -0.112. The fourth-order valence-electron chi connectivity index (χ4n) is 2.75. The molecular weight excluding hydrogens is 447 g/mol. The minimum absolute atomic E-state index is 0.0183. The molecule has 1 amide bonds. The quantitative estimate of drug-likeness (QED) is 0.358.